The third kappa shape index (κ3) is 4.03. The van der Waals surface area contributed by atoms with E-state index in [4.69, 9.17) is 8.83 Å². The van der Waals surface area contributed by atoms with E-state index in [0.717, 1.165) is 49.1 Å². The van der Waals surface area contributed by atoms with Crippen molar-refractivity contribution in [3.8, 4) is 0 Å². The average molecular weight is 465 g/mol. The Labute approximate surface area is 193 Å². The predicted molar refractivity (Wildman–Crippen MR) is 124 cm³/mol. The van der Waals surface area contributed by atoms with E-state index in [2.05, 4.69) is 17.1 Å². The summed E-state index contributed by atoms with van der Waals surface area (Å²) >= 11 is 0. The van der Waals surface area contributed by atoms with Gasteiger partial charge in [0.2, 0.25) is 0 Å². The zero-order valence-corrected chi connectivity index (χ0v) is 18.8. The zero-order valence-electron chi connectivity index (χ0n) is 18.8. The summed E-state index contributed by atoms with van der Waals surface area (Å²) in [5.41, 5.74) is 2.03. The highest BCUT2D eigenvalue weighted by molar-refractivity contribution is 5.93. The lowest BCUT2D eigenvalue weighted by Gasteiger charge is -2.36. The van der Waals surface area contributed by atoms with Gasteiger partial charge in [-0.25, -0.2) is 9.18 Å². The largest absolute Gasteiger partial charge is 0.451 e. The zero-order chi connectivity index (χ0) is 24.0. The lowest BCUT2D eigenvalue weighted by atomic mass is 10.00. The molecule has 8 nitrogen and oxygen atoms in total. The number of aryl methyl sites for hydroxylation is 1. The molecule has 5 rings (SSSR count). The average Bonchev–Trinajstić information content (AvgIpc) is 3.11. The third-order valence-electron chi connectivity index (χ3n) is 6.63. The summed E-state index contributed by atoms with van der Waals surface area (Å²) in [6.45, 7) is 3.62. The number of rotatable bonds is 4. The first-order valence-corrected chi connectivity index (χ1v) is 11.2. The van der Waals surface area contributed by atoms with E-state index in [-0.39, 0.29) is 40.0 Å². The highest BCUT2D eigenvalue weighted by Crippen LogP contribution is 2.27. The van der Waals surface area contributed by atoms with E-state index in [1.807, 2.05) is 18.2 Å². The molecule has 1 N–H and O–H groups in total. The molecule has 1 aliphatic heterocycles. The van der Waals surface area contributed by atoms with Crippen molar-refractivity contribution in [1.82, 2.24) is 14.8 Å². The maximum Gasteiger partial charge on any atom is 0.419 e. The molecule has 2 aromatic heterocycles. The molecule has 176 valence electrons. The number of nitrogens with one attached hydrogen (secondary N) is 1. The molecule has 9 heteroatoms. The van der Waals surface area contributed by atoms with Gasteiger partial charge >= 0.3 is 5.76 Å². The Balaban J connectivity index is 1.24. The Bertz CT molecular complexity index is 1510. The van der Waals surface area contributed by atoms with Gasteiger partial charge in [-0.05, 0) is 49.6 Å². The van der Waals surface area contributed by atoms with Crippen LogP contribution in [0.15, 0.2) is 60.9 Å². The number of benzene rings is 2. The number of hydrogen-bond donors (Lipinski definition) is 1. The summed E-state index contributed by atoms with van der Waals surface area (Å²) in [4.78, 5) is 39.0. The monoisotopic (exact) mass is 465 g/mol. The minimum atomic E-state index is -0.539. The molecule has 0 saturated carbocycles. The molecule has 4 aromatic rings. The number of carbonyl (C=O) groups is 1. The van der Waals surface area contributed by atoms with E-state index >= 15 is 0 Å². The van der Waals surface area contributed by atoms with Crippen molar-refractivity contribution < 1.29 is 18.0 Å². The van der Waals surface area contributed by atoms with E-state index in [9.17, 15) is 18.8 Å². The van der Waals surface area contributed by atoms with Crippen LogP contribution in [0.3, 0.4) is 0 Å². The summed E-state index contributed by atoms with van der Waals surface area (Å²) in [5.74, 6) is -1.54. The minimum absolute atomic E-state index is 0.0486. The number of nitrogens with zero attached hydrogens (tertiary/aromatic N) is 2. The van der Waals surface area contributed by atoms with Crippen LogP contribution in [0.25, 0.3) is 22.1 Å². The number of hydrogen-bond acceptors (Lipinski definition) is 6. The number of piperidine rings is 1. The van der Waals surface area contributed by atoms with Crippen molar-refractivity contribution in [3.05, 3.63) is 80.4 Å². The number of aromatic nitrogens is 1. The van der Waals surface area contributed by atoms with E-state index in [0.29, 0.717) is 5.58 Å². The fraction of sp³-hybridized carbons (Fsp3) is 0.320. The standard InChI is InChI=1S/C25H24FN3O5/c1-14(15-3-6-19-22(11-15)34-25(32)28(19)2)29-9-7-17(8-10-29)27-24(31)23-13-20(30)18-5-4-16(26)12-21(18)33-23/h3-6,11-14,17H,7-10H2,1-2H3,(H,27,31). The number of amides is 1. The second-order valence-electron chi connectivity index (χ2n) is 8.73. The SMILES string of the molecule is CC(c1ccc2c(c1)oc(=O)n2C)N1CCC(NC(=O)c2cc(=O)c3ccc(F)cc3o2)CC1. The van der Waals surface area contributed by atoms with Gasteiger partial charge in [-0.2, -0.15) is 0 Å². The summed E-state index contributed by atoms with van der Waals surface area (Å²) < 4.78 is 25.8. The van der Waals surface area contributed by atoms with Gasteiger partial charge in [-0.3, -0.25) is 19.1 Å². The molecule has 0 bridgehead atoms. The van der Waals surface area contributed by atoms with Crippen molar-refractivity contribution in [3.63, 3.8) is 0 Å². The van der Waals surface area contributed by atoms with Crippen LogP contribution in [0, 0.1) is 5.82 Å². The molecular formula is C25H24FN3O5. The van der Waals surface area contributed by atoms with Crippen LogP contribution in [-0.2, 0) is 7.05 Å². The van der Waals surface area contributed by atoms with Crippen molar-refractivity contribution >= 4 is 28.0 Å². The number of carbonyl (C=O) groups excluding carboxylic acids is 1. The molecule has 2 aromatic carbocycles. The van der Waals surface area contributed by atoms with Crippen LogP contribution in [0.1, 0.15) is 41.9 Å². The number of likely N-dealkylation sites (tertiary alicyclic amines) is 1. The van der Waals surface area contributed by atoms with E-state index in [1.54, 1.807) is 7.05 Å². The van der Waals surface area contributed by atoms with Gasteiger partial charge in [-0.1, -0.05) is 6.07 Å². The van der Waals surface area contributed by atoms with Crippen LogP contribution in [0.5, 0.6) is 0 Å². The fourth-order valence-corrected chi connectivity index (χ4v) is 4.55. The second-order valence-corrected chi connectivity index (χ2v) is 8.73. The van der Waals surface area contributed by atoms with Gasteiger partial charge in [0.05, 0.1) is 10.9 Å². The highest BCUT2D eigenvalue weighted by Gasteiger charge is 2.26. The molecule has 1 unspecified atom stereocenters. The molecule has 1 fully saturated rings. The van der Waals surface area contributed by atoms with Gasteiger partial charge in [0.25, 0.3) is 5.91 Å². The van der Waals surface area contributed by atoms with Gasteiger partial charge in [-0.15, -0.1) is 0 Å². The van der Waals surface area contributed by atoms with Gasteiger partial charge in [0, 0.05) is 44.4 Å². The third-order valence-corrected chi connectivity index (χ3v) is 6.63. The maximum atomic E-state index is 13.5. The molecular weight excluding hydrogens is 441 g/mol. The molecule has 3 heterocycles. The lowest BCUT2D eigenvalue weighted by Crippen LogP contribution is -2.45. The number of halogens is 1. The molecule has 0 aliphatic carbocycles. The summed E-state index contributed by atoms with van der Waals surface area (Å²) in [7, 11) is 1.68. The molecule has 1 atom stereocenters. The predicted octanol–water partition coefficient (Wildman–Crippen LogP) is 3.33. The lowest BCUT2D eigenvalue weighted by molar-refractivity contribution is 0.0869. The summed E-state index contributed by atoms with van der Waals surface area (Å²) in [6, 6.07) is 10.6. The Morgan fingerprint density at radius 2 is 1.82 bits per heavy atom. The van der Waals surface area contributed by atoms with E-state index in [1.165, 1.54) is 16.7 Å². The van der Waals surface area contributed by atoms with Crippen molar-refractivity contribution in [1.29, 1.82) is 0 Å². The van der Waals surface area contributed by atoms with Crippen LogP contribution < -0.4 is 16.5 Å². The molecule has 1 aliphatic rings. The Hall–Kier alpha value is -3.72. The first-order chi connectivity index (χ1) is 16.3. The van der Waals surface area contributed by atoms with Crippen molar-refractivity contribution in [2.75, 3.05) is 13.1 Å². The van der Waals surface area contributed by atoms with Crippen LogP contribution >= 0.6 is 0 Å². The molecule has 34 heavy (non-hydrogen) atoms. The maximum absolute atomic E-state index is 13.5. The quantitative estimate of drug-likeness (QED) is 0.497. The van der Waals surface area contributed by atoms with Gasteiger partial charge < -0.3 is 14.2 Å². The summed E-state index contributed by atoms with van der Waals surface area (Å²) in [6.07, 6.45) is 1.45. The molecule has 0 spiro atoms. The summed E-state index contributed by atoms with van der Waals surface area (Å²) in [5, 5.41) is 3.16. The smallest absolute Gasteiger partial charge is 0.419 e. The second kappa shape index (κ2) is 8.57. The van der Waals surface area contributed by atoms with E-state index < -0.39 is 11.7 Å². The normalized spacial score (nSPS) is 16.2. The van der Waals surface area contributed by atoms with Gasteiger partial charge in [0.15, 0.2) is 16.8 Å². The van der Waals surface area contributed by atoms with Crippen molar-refractivity contribution in [2.24, 2.45) is 7.05 Å². The Morgan fingerprint density at radius 1 is 1.06 bits per heavy atom. The molecule has 1 amide bonds. The van der Waals surface area contributed by atoms with Crippen LogP contribution in [0.2, 0.25) is 0 Å². The topological polar surface area (TPSA) is 97.7 Å². The van der Waals surface area contributed by atoms with Crippen LogP contribution in [-0.4, -0.2) is 34.5 Å². The van der Waals surface area contributed by atoms with Crippen molar-refractivity contribution in [2.45, 2.75) is 31.8 Å². The minimum Gasteiger partial charge on any atom is -0.451 e. The van der Waals surface area contributed by atoms with Gasteiger partial charge in [0.1, 0.15) is 11.4 Å². The Morgan fingerprint density at radius 3 is 2.59 bits per heavy atom. The first-order valence-electron chi connectivity index (χ1n) is 11.2. The van der Waals surface area contributed by atoms with Crippen LogP contribution in [0.4, 0.5) is 4.39 Å². The number of oxazole rings is 1. The molecule has 1 saturated heterocycles. The fourth-order valence-electron chi connectivity index (χ4n) is 4.55. The number of fused-ring (bicyclic) bond motifs is 2. The highest BCUT2D eigenvalue weighted by atomic mass is 19.1. The first kappa shape index (κ1) is 22.1. The molecule has 0 radical (unpaired) electrons. The Kier molecular flexibility index (Phi) is 5.57.